The maximum Gasteiger partial charge on any atom is 0.287 e. The van der Waals surface area contributed by atoms with E-state index in [1.54, 1.807) is 6.07 Å². The molecule has 6 heteroatoms. The first-order valence-corrected chi connectivity index (χ1v) is 7.85. The maximum atomic E-state index is 12.3. The van der Waals surface area contributed by atoms with Gasteiger partial charge in [-0.2, -0.15) is 0 Å². The Morgan fingerprint density at radius 3 is 2.65 bits per heavy atom. The molecule has 6 nitrogen and oxygen atoms in total. The number of carbonyl (C=O) groups is 1. The van der Waals surface area contributed by atoms with Gasteiger partial charge in [-0.05, 0) is 32.0 Å². The Balaban J connectivity index is 1.71. The van der Waals surface area contributed by atoms with Crippen LogP contribution < -0.4 is 5.32 Å². The fourth-order valence-corrected chi connectivity index (χ4v) is 2.81. The first-order valence-electron chi connectivity index (χ1n) is 7.85. The van der Waals surface area contributed by atoms with Crippen LogP contribution in [0.5, 0.6) is 0 Å². The van der Waals surface area contributed by atoms with Crippen molar-refractivity contribution in [1.82, 2.24) is 10.2 Å². The van der Waals surface area contributed by atoms with Gasteiger partial charge in [-0.3, -0.25) is 9.69 Å². The summed E-state index contributed by atoms with van der Waals surface area (Å²) in [4.78, 5) is 14.5. The first kappa shape index (κ1) is 15.8. The standard InChI is InChI=1S/C17H22N2O4/c1-12-5-8-22-16(12)17(20)18-11-14(15-4-3-13(2)23-15)19-6-9-21-10-7-19/h3-5,8,14H,6-7,9-11H2,1-2H3,(H,18,20)/t14-/m0/s1. The highest BCUT2D eigenvalue weighted by molar-refractivity contribution is 5.92. The molecular weight excluding hydrogens is 296 g/mol. The quantitative estimate of drug-likeness (QED) is 0.916. The Morgan fingerprint density at radius 2 is 2.04 bits per heavy atom. The van der Waals surface area contributed by atoms with Crippen LogP contribution >= 0.6 is 0 Å². The second-order valence-electron chi connectivity index (χ2n) is 5.76. The van der Waals surface area contributed by atoms with Crippen molar-refractivity contribution < 1.29 is 18.4 Å². The Hall–Kier alpha value is -2.05. The summed E-state index contributed by atoms with van der Waals surface area (Å²) in [6.07, 6.45) is 1.53. The van der Waals surface area contributed by atoms with Crippen molar-refractivity contribution in [2.45, 2.75) is 19.9 Å². The van der Waals surface area contributed by atoms with Gasteiger partial charge in [0, 0.05) is 25.2 Å². The highest BCUT2D eigenvalue weighted by Gasteiger charge is 2.26. The first-order chi connectivity index (χ1) is 11.1. The molecule has 2 aromatic heterocycles. The third-order valence-corrected chi connectivity index (χ3v) is 4.10. The summed E-state index contributed by atoms with van der Waals surface area (Å²) in [6.45, 7) is 7.27. The minimum absolute atomic E-state index is 0.00758. The van der Waals surface area contributed by atoms with Crippen LogP contribution in [0, 0.1) is 13.8 Å². The lowest BCUT2D eigenvalue weighted by molar-refractivity contribution is 0.0116. The number of hydrogen-bond acceptors (Lipinski definition) is 5. The number of morpholine rings is 1. The SMILES string of the molecule is Cc1ccc([C@H](CNC(=O)c2occc2C)N2CCOCC2)o1. The van der Waals surface area contributed by atoms with Gasteiger partial charge in [-0.15, -0.1) is 0 Å². The molecule has 1 fully saturated rings. The molecule has 1 amide bonds. The Morgan fingerprint density at radius 1 is 1.26 bits per heavy atom. The summed E-state index contributed by atoms with van der Waals surface area (Å²) in [6, 6.07) is 5.69. The molecule has 1 saturated heterocycles. The van der Waals surface area contributed by atoms with Crippen molar-refractivity contribution in [2.24, 2.45) is 0 Å². The van der Waals surface area contributed by atoms with Crippen molar-refractivity contribution in [2.75, 3.05) is 32.8 Å². The second-order valence-corrected chi connectivity index (χ2v) is 5.76. The minimum atomic E-state index is -0.200. The average molecular weight is 318 g/mol. The van der Waals surface area contributed by atoms with Gasteiger partial charge in [0.2, 0.25) is 0 Å². The van der Waals surface area contributed by atoms with Gasteiger partial charge in [-0.1, -0.05) is 0 Å². The van der Waals surface area contributed by atoms with E-state index in [-0.39, 0.29) is 11.9 Å². The number of furan rings is 2. The average Bonchev–Trinajstić information content (AvgIpc) is 3.17. The van der Waals surface area contributed by atoms with E-state index in [2.05, 4.69) is 10.2 Å². The van der Waals surface area contributed by atoms with Crippen LogP contribution in [-0.4, -0.2) is 43.7 Å². The summed E-state index contributed by atoms with van der Waals surface area (Å²) < 4.78 is 16.4. The van der Waals surface area contributed by atoms with E-state index in [9.17, 15) is 4.79 Å². The zero-order chi connectivity index (χ0) is 16.2. The number of hydrogen-bond donors (Lipinski definition) is 1. The Bertz CT molecular complexity index is 655. The van der Waals surface area contributed by atoms with E-state index in [0.717, 1.165) is 30.2 Å². The van der Waals surface area contributed by atoms with Crippen molar-refractivity contribution in [3.63, 3.8) is 0 Å². The molecular formula is C17H22N2O4. The van der Waals surface area contributed by atoms with E-state index in [1.807, 2.05) is 26.0 Å². The van der Waals surface area contributed by atoms with Gasteiger partial charge < -0.3 is 18.9 Å². The number of aryl methyl sites for hydroxylation is 2. The van der Waals surface area contributed by atoms with E-state index >= 15 is 0 Å². The number of rotatable bonds is 5. The van der Waals surface area contributed by atoms with Gasteiger partial charge in [0.25, 0.3) is 5.91 Å². The molecule has 23 heavy (non-hydrogen) atoms. The summed E-state index contributed by atoms with van der Waals surface area (Å²) in [7, 11) is 0. The largest absolute Gasteiger partial charge is 0.465 e. The second kappa shape index (κ2) is 7.02. The molecule has 0 saturated carbocycles. The number of amides is 1. The number of nitrogens with zero attached hydrogens (tertiary/aromatic N) is 1. The molecule has 1 atom stereocenters. The molecule has 0 aromatic carbocycles. The van der Waals surface area contributed by atoms with E-state index < -0.39 is 0 Å². The van der Waals surface area contributed by atoms with Crippen molar-refractivity contribution in [3.8, 4) is 0 Å². The summed E-state index contributed by atoms with van der Waals surface area (Å²) >= 11 is 0. The van der Waals surface area contributed by atoms with E-state index in [0.29, 0.717) is 25.5 Å². The monoisotopic (exact) mass is 318 g/mol. The molecule has 1 aliphatic rings. The molecule has 3 heterocycles. The predicted molar refractivity (Wildman–Crippen MR) is 84.4 cm³/mol. The van der Waals surface area contributed by atoms with Crippen LogP contribution in [0.3, 0.4) is 0 Å². The van der Waals surface area contributed by atoms with Crippen LogP contribution in [0.4, 0.5) is 0 Å². The Kier molecular flexibility index (Phi) is 4.83. The van der Waals surface area contributed by atoms with E-state index in [1.165, 1.54) is 6.26 Å². The summed E-state index contributed by atoms with van der Waals surface area (Å²) in [5, 5.41) is 2.96. The normalized spacial score (nSPS) is 17.1. The molecule has 3 rings (SSSR count). The third-order valence-electron chi connectivity index (χ3n) is 4.10. The highest BCUT2D eigenvalue weighted by atomic mass is 16.5. The summed E-state index contributed by atoms with van der Waals surface area (Å²) in [5.74, 6) is 1.89. The van der Waals surface area contributed by atoms with Gasteiger partial charge in [-0.25, -0.2) is 0 Å². The minimum Gasteiger partial charge on any atom is -0.465 e. The van der Waals surface area contributed by atoms with Crippen molar-refractivity contribution in [1.29, 1.82) is 0 Å². The zero-order valence-electron chi connectivity index (χ0n) is 13.5. The number of nitrogens with one attached hydrogen (secondary N) is 1. The molecule has 0 bridgehead atoms. The lowest BCUT2D eigenvalue weighted by atomic mass is 10.1. The van der Waals surface area contributed by atoms with Crippen LogP contribution in [0.25, 0.3) is 0 Å². The predicted octanol–water partition coefficient (Wildman–Crippen LogP) is 2.29. The fraction of sp³-hybridized carbons (Fsp3) is 0.471. The molecule has 0 aliphatic carbocycles. The van der Waals surface area contributed by atoms with Crippen LogP contribution in [0.2, 0.25) is 0 Å². The van der Waals surface area contributed by atoms with Crippen molar-refractivity contribution in [3.05, 3.63) is 47.3 Å². The van der Waals surface area contributed by atoms with Gasteiger partial charge in [0.05, 0.1) is 25.5 Å². The molecule has 0 spiro atoms. The van der Waals surface area contributed by atoms with Gasteiger partial charge in [0.1, 0.15) is 11.5 Å². The van der Waals surface area contributed by atoms with Crippen molar-refractivity contribution >= 4 is 5.91 Å². The highest BCUT2D eigenvalue weighted by Crippen LogP contribution is 2.23. The number of carbonyl (C=O) groups excluding carboxylic acids is 1. The van der Waals surface area contributed by atoms with Crippen LogP contribution in [0.1, 0.15) is 33.7 Å². The zero-order valence-corrected chi connectivity index (χ0v) is 13.5. The molecule has 1 aliphatic heterocycles. The van der Waals surface area contributed by atoms with Gasteiger partial charge >= 0.3 is 0 Å². The lowest BCUT2D eigenvalue weighted by Crippen LogP contribution is -2.43. The third kappa shape index (κ3) is 3.65. The van der Waals surface area contributed by atoms with Gasteiger partial charge in [0.15, 0.2) is 5.76 Å². The number of ether oxygens (including phenoxy) is 1. The fourth-order valence-electron chi connectivity index (χ4n) is 2.81. The lowest BCUT2D eigenvalue weighted by Gasteiger charge is -2.33. The van der Waals surface area contributed by atoms with Crippen LogP contribution in [0.15, 0.2) is 33.3 Å². The molecule has 1 N–H and O–H groups in total. The Labute approximate surface area is 135 Å². The molecule has 2 aromatic rings. The molecule has 0 radical (unpaired) electrons. The van der Waals surface area contributed by atoms with E-state index in [4.69, 9.17) is 13.6 Å². The smallest absolute Gasteiger partial charge is 0.287 e. The van der Waals surface area contributed by atoms with Crippen LogP contribution in [-0.2, 0) is 4.74 Å². The topological polar surface area (TPSA) is 67.9 Å². The molecule has 0 unspecified atom stereocenters. The molecule has 124 valence electrons. The summed E-state index contributed by atoms with van der Waals surface area (Å²) in [5.41, 5.74) is 0.833. The maximum absolute atomic E-state index is 12.3.